The fourth-order valence-corrected chi connectivity index (χ4v) is 1.80. The number of halogens is 1. The number of ether oxygens (including phenoxy) is 1. The van der Waals surface area contributed by atoms with Crippen molar-refractivity contribution < 1.29 is 4.74 Å². The van der Waals surface area contributed by atoms with Gasteiger partial charge in [0, 0.05) is 4.47 Å². The Morgan fingerprint density at radius 3 is 2.65 bits per heavy atom. The Kier molecular flexibility index (Phi) is 5.47. The van der Waals surface area contributed by atoms with E-state index in [0.717, 1.165) is 36.2 Å². The Morgan fingerprint density at radius 1 is 1.35 bits per heavy atom. The lowest BCUT2D eigenvalue weighted by atomic mass is 9.88. The molecule has 0 unspecified atom stereocenters. The molecule has 1 aromatic carbocycles. The molecule has 0 saturated carbocycles. The van der Waals surface area contributed by atoms with Crippen molar-refractivity contribution in [2.75, 3.05) is 13.2 Å². The van der Waals surface area contributed by atoms with Crippen LogP contribution in [0.5, 0.6) is 5.75 Å². The van der Waals surface area contributed by atoms with Crippen molar-refractivity contribution in [1.29, 1.82) is 0 Å². The van der Waals surface area contributed by atoms with Crippen molar-refractivity contribution in [3.8, 4) is 5.75 Å². The molecule has 1 rings (SSSR count). The van der Waals surface area contributed by atoms with Crippen LogP contribution in [-0.2, 0) is 0 Å². The molecule has 17 heavy (non-hydrogen) atoms. The summed E-state index contributed by atoms with van der Waals surface area (Å²) in [7, 11) is 0. The van der Waals surface area contributed by atoms with Crippen molar-refractivity contribution in [3.63, 3.8) is 0 Å². The molecule has 0 heterocycles. The summed E-state index contributed by atoms with van der Waals surface area (Å²) >= 11 is 3.48. The Balaban J connectivity index is 2.34. The highest BCUT2D eigenvalue weighted by molar-refractivity contribution is 9.10. The maximum absolute atomic E-state index is 5.72. The molecule has 0 aromatic heterocycles. The highest BCUT2D eigenvalue weighted by Crippen LogP contribution is 2.23. The average molecular weight is 300 g/mol. The molecule has 0 fully saturated rings. The molecule has 2 nitrogen and oxygen atoms in total. The molecule has 0 aliphatic heterocycles. The lowest BCUT2D eigenvalue weighted by molar-refractivity contribution is 0.261. The van der Waals surface area contributed by atoms with Gasteiger partial charge in [-0.1, -0.05) is 29.8 Å². The molecule has 0 aliphatic carbocycles. The van der Waals surface area contributed by atoms with Crippen LogP contribution in [0.2, 0.25) is 0 Å². The van der Waals surface area contributed by atoms with E-state index < -0.39 is 0 Å². The number of aryl methyl sites for hydroxylation is 1. The zero-order valence-corrected chi connectivity index (χ0v) is 12.5. The van der Waals surface area contributed by atoms with Gasteiger partial charge in [-0.15, -0.1) is 0 Å². The summed E-state index contributed by atoms with van der Waals surface area (Å²) in [5.74, 6) is 0.941. The number of hydrogen-bond acceptors (Lipinski definition) is 2. The first-order valence-electron chi connectivity index (χ1n) is 6.04. The quantitative estimate of drug-likeness (QED) is 0.809. The molecule has 0 saturated heterocycles. The monoisotopic (exact) mass is 299 g/mol. The van der Waals surface area contributed by atoms with Gasteiger partial charge in [0.05, 0.1) is 6.61 Å². The van der Waals surface area contributed by atoms with Crippen LogP contribution < -0.4 is 10.5 Å². The van der Waals surface area contributed by atoms with E-state index in [-0.39, 0.29) is 5.41 Å². The molecular weight excluding hydrogens is 278 g/mol. The second kappa shape index (κ2) is 6.41. The van der Waals surface area contributed by atoms with Gasteiger partial charge in [0.1, 0.15) is 5.75 Å². The van der Waals surface area contributed by atoms with E-state index in [0.29, 0.717) is 0 Å². The van der Waals surface area contributed by atoms with E-state index >= 15 is 0 Å². The minimum absolute atomic E-state index is 0.221. The molecule has 0 spiro atoms. The summed E-state index contributed by atoms with van der Waals surface area (Å²) in [6.07, 6.45) is 2.14. The van der Waals surface area contributed by atoms with E-state index in [1.807, 2.05) is 12.1 Å². The van der Waals surface area contributed by atoms with Crippen LogP contribution >= 0.6 is 15.9 Å². The van der Waals surface area contributed by atoms with Crippen LogP contribution in [0.25, 0.3) is 0 Å². The molecule has 1 aromatic rings. The van der Waals surface area contributed by atoms with Crippen molar-refractivity contribution in [2.24, 2.45) is 11.1 Å². The molecule has 0 bridgehead atoms. The maximum Gasteiger partial charge on any atom is 0.119 e. The van der Waals surface area contributed by atoms with E-state index in [9.17, 15) is 0 Å². The topological polar surface area (TPSA) is 35.2 Å². The third-order valence-electron chi connectivity index (χ3n) is 2.95. The highest BCUT2D eigenvalue weighted by atomic mass is 79.9. The number of nitrogens with two attached hydrogens (primary N) is 1. The van der Waals surface area contributed by atoms with Gasteiger partial charge < -0.3 is 10.5 Å². The van der Waals surface area contributed by atoms with Crippen LogP contribution in [-0.4, -0.2) is 13.2 Å². The predicted octanol–water partition coefficient (Wildman–Crippen LogP) is 3.90. The van der Waals surface area contributed by atoms with Crippen LogP contribution in [0.3, 0.4) is 0 Å². The smallest absolute Gasteiger partial charge is 0.119 e. The van der Waals surface area contributed by atoms with Crippen molar-refractivity contribution in [1.82, 2.24) is 0 Å². The van der Waals surface area contributed by atoms with Gasteiger partial charge in [-0.05, 0) is 55.5 Å². The summed E-state index contributed by atoms with van der Waals surface area (Å²) in [5, 5.41) is 0. The second-order valence-electron chi connectivity index (χ2n) is 5.23. The average Bonchev–Trinajstić information content (AvgIpc) is 2.29. The lowest BCUT2D eigenvalue weighted by Crippen LogP contribution is -2.23. The SMILES string of the molecule is Cc1cc(OCCCC(C)(C)CN)ccc1Br. The van der Waals surface area contributed by atoms with Gasteiger partial charge in [0.15, 0.2) is 0 Å². The molecule has 2 N–H and O–H groups in total. The fraction of sp³-hybridized carbons (Fsp3) is 0.571. The van der Waals surface area contributed by atoms with Crippen LogP contribution in [0, 0.1) is 12.3 Å². The van der Waals surface area contributed by atoms with E-state index in [1.54, 1.807) is 0 Å². The number of benzene rings is 1. The Morgan fingerprint density at radius 2 is 2.06 bits per heavy atom. The number of hydrogen-bond donors (Lipinski definition) is 1. The highest BCUT2D eigenvalue weighted by Gasteiger charge is 2.14. The summed E-state index contributed by atoms with van der Waals surface area (Å²) in [6, 6.07) is 6.07. The first-order chi connectivity index (χ1) is 7.94. The summed E-state index contributed by atoms with van der Waals surface area (Å²) in [6.45, 7) is 7.93. The molecule has 96 valence electrons. The standard InChI is InChI=1S/C14H22BrNO/c1-11-9-12(5-6-13(11)15)17-8-4-7-14(2,3)10-16/h5-6,9H,4,7-8,10,16H2,1-3H3. The van der Waals surface area contributed by atoms with E-state index in [4.69, 9.17) is 10.5 Å². The molecule has 3 heteroatoms. The third kappa shape index (κ3) is 5.09. The van der Waals surface area contributed by atoms with Crippen molar-refractivity contribution in [3.05, 3.63) is 28.2 Å². The van der Waals surface area contributed by atoms with Crippen LogP contribution in [0.15, 0.2) is 22.7 Å². The van der Waals surface area contributed by atoms with Gasteiger partial charge in [-0.3, -0.25) is 0 Å². The van der Waals surface area contributed by atoms with Gasteiger partial charge in [-0.25, -0.2) is 0 Å². The van der Waals surface area contributed by atoms with E-state index in [2.05, 4.69) is 42.8 Å². The Hall–Kier alpha value is -0.540. The normalized spacial score (nSPS) is 11.6. The summed E-state index contributed by atoms with van der Waals surface area (Å²) in [4.78, 5) is 0. The Labute approximate surface area is 113 Å². The largest absolute Gasteiger partial charge is 0.494 e. The zero-order chi connectivity index (χ0) is 12.9. The first kappa shape index (κ1) is 14.5. The lowest BCUT2D eigenvalue weighted by Gasteiger charge is -2.21. The summed E-state index contributed by atoms with van der Waals surface area (Å²) < 4.78 is 6.84. The molecule has 0 aliphatic rings. The van der Waals surface area contributed by atoms with Crippen LogP contribution in [0.4, 0.5) is 0 Å². The zero-order valence-electron chi connectivity index (χ0n) is 10.9. The minimum atomic E-state index is 0.221. The molecular formula is C14H22BrNO. The molecule has 0 atom stereocenters. The van der Waals surface area contributed by atoms with Crippen molar-refractivity contribution in [2.45, 2.75) is 33.6 Å². The molecule has 0 amide bonds. The van der Waals surface area contributed by atoms with Crippen LogP contribution in [0.1, 0.15) is 32.3 Å². The Bertz CT molecular complexity index is 363. The van der Waals surface area contributed by atoms with E-state index in [1.165, 1.54) is 5.56 Å². The first-order valence-corrected chi connectivity index (χ1v) is 6.83. The fourth-order valence-electron chi connectivity index (χ4n) is 1.55. The van der Waals surface area contributed by atoms with Gasteiger partial charge in [-0.2, -0.15) is 0 Å². The minimum Gasteiger partial charge on any atom is -0.494 e. The molecule has 0 radical (unpaired) electrons. The van der Waals surface area contributed by atoms with Gasteiger partial charge in [0.2, 0.25) is 0 Å². The number of rotatable bonds is 6. The van der Waals surface area contributed by atoms with Gasteiger partial charge in [0.25, 0.3) is 0 Å². The maximum atomic E-state index is 5.72. The summed E-state index contributed by atoms with van der Waals surface area (Å²) in [5.41, 5.74) is 7.11. The predicted molar refractivity (Wildman–Crippen MR) is 76.4 cm³/mol. The second-order valence-corrected chi connectivity index (χ2v) is 6.09. The third-order valence-corrected chi connectivity index (χ3v) is 3.84. The van der Waals surface area contributed by atoms with Crippen molar-refractivity contribution >= 4 is 15.9 Å². The van der Waals surface area contributed by atoms with Gasteiger partial charge >= 0.3 is 0 Å².